The smallest absolute Gasteiger partial charge is 0.257 e. The van der Waals surface area contributed by atoms with Gasteiger partial charge in [-0.1, -0.05) is 47.5 Å². The number of halogens is 2. The number of pyridine rings is 1. The molecule has 0 saturated carbocycles. The third-order valence-electron chi connectivity index (χ3n) is 3.26. The molecule has 3 rings (SSSR count). The van der Waals surface area contributed by atoms with Crippen molar-refractivity contribution in [1.82, 2.24) is 4.98 Å². The van der Waals surface area contributed by atoms with E-state index < -0.39 is 0 Å². The first-order valence-electron chi connectivity index (χ1n) is 7.16. The van der Waals surface area contributed by atoms with Gasteiger partial charge in [-0.25, -0.2) is 0 Å². The molecule has 24 heavy (non-hydrogen) atoms. The fourth-order valence-corrected chi connectivity index (χ4v) is 2.62. The number of hydrogen-bond donors (Lipinski definition) is 2. The lowest BCUT2D eigenvalue weighted by molar-refractivity contribution is 0.102. The first-order chi connectivity index (χ1) is 11.6. The molecule has 2 aromatic carbocycles. The summed E-state index contributed by atoms with van der Waals surface area (Å²) in [6, 6.07) is 16.4. The molecule has 0 radical (unpaired) electrons. The van der Waals surface area contributed by atoms with Crippen molar-refractivity contribution < 1.29 is 4.79 Å². The van der Waals surface area contributed by atoms with Gasteiger partial charge in [-0.15, -0.1) is 0 Å². The molecular weight excluding hydrogens is 345 g/mol. The van der Waals surface area contributed by atoms with Crippen molar-refractivity contribution in [3.05, 3.63) is 82.6 Å². The van der Waals surface area contributed by atoms with E-state index in [-0.39, 0.29) is 5.91 Å². The van der Waals surface area contributed by atoms with Crippen molar-refractivity contribution in [2.45, 2.75) is 0 Å². The zero-order valence-corrected chi connectivity index (χ0v) is 14.0. The van der Waals surface area contributed by atoms with Gasteiger partial charge in [0.1, 0.15) is 0 Å². The minimum Gasteiger partial charge on any atom is -0.354 e. The highest BCUT2D eigenvalue weighted by atomic mass is 35.5. The van der Waals surface area contributed by atoms with Gasteiger partial charge in [-0.2, -0.15) is 0 Å². The number of carbonyl (C=O) groups excluding carboxylic acids is 1. The first kappa shape index (κ1) is 16.3. The minimum atomic E-state index is -0.339. The molecule has 0 unspecified atom stereocenters. The summed E-state index contributed by atoms with van der Waals surface area (Å²) in [5, 5.41) is 6.66. The summed E-state index contributed by atoms with van der Waals surface area (Å²) in [5.41, 5.74) is 2.39. The maximum absolute atomic E-state index is 12.4. The van der Waals surface area contributed by atoms with Gasteiger partial charge in [0.05, 0.1) is 33.2 Å². The average Bonchev–Trinajstić information content (AvgIpc) is 2.59. The molecule has 0 atom stereocenters. The molecule has 0 aliphatic heterocycles. The van der Waals surface area contributed by atoms with Crippen LogP contribution in [0.3, 0.4) is 0 Å². The molecule has 6 heteroatoms. The van der Waals surface area contributed by atoms with Gasteiger partial charge in [0.25, 0.3) is 5.91 Å². The molecule has 0 spiro atoms. The van der Waals surface area contributed by atoms with Crippen LogP contribution in [-0.4, -0.2) is 10.9 Å². The topological polar surface area (TPSA) is 54.0 Å². The Bertz CT molecular complexity index is 849. The lowest BCUT2D eigenvalue weighted by atomic mass is 10.2. The highest BCUT2D eigenvalue weighted by Gasteiger charge is 2.12. The number of nitrogens with zero attached hydrogens (tertiary/aromatic N) is 1. The SMILES string of the molecule is O=C(Nc1c(Cl)cccc1Cl)c1cncc(Nc2ccccc2)c1. The third kappa shape index (κ3) is 3.85. The molecular formula is C18H13Cl2N3O. The summed E-state index contributed by atoms with van der Waals surface area (Å²) in [4.78, 5) is 16.5. The molecule has 0 bridgehead atoms. The Morgan fingerprint density at radius 2 is 1.58 bits per heavy atom. The molecule has 0 saturated heterocycles. The van der Waals surface area contributed by atoms with Crippen LogP contribution in [0.15, 0.2) is 67.0 Å². The Hall–Kier alpha value is -2.56. The van der Waals surface area contributed by atoms with E-state index in [4.69, 9.17) is 23.2 Å². The van der Waals surface area contributed by atoms with E-state index >= 15 is 0 Å². The maximum atomic E-state index is 12.4. The zero-order chi connectivity index (χ0) is 16.9. The van der Waals surface area contributed by atoms with Crippen LogP contribution in [0.4, 0.5) is 17.1 Å². The number of rotatable bonds is 4. The minimum absolute atomic E-state index is 0.339. The first-order valence-corrected chi connectivity index (χ1v) is 7.91. The molecule has 0 aliphatic carbocycles. The number of carbonyl (C=O) groups is 1. The predicted molar refractivity (Wildman–Crippen MR) is 98.4 cm³/mol. The van der Waals surface area contributed by atoms with Gasteiger partial charge in [0.2, 0.25) is 0 Å². The second kappa shape index (κ2) is 7.34. The highest BCUT2D eigenvalue weighted by molar-refractivity contribution is 6.40. The van der Waals surface area contributed by atoms with Crippen LogP contribution < -0.4 is 10.6 Å². The Morgan fingerprint density at radius 1 is 0.875 bits per heavy atom. The van der Waals surface area contributed by atoms with E-state index in [2.05, 4.69) is 15.6 Å². The van der Waals surface area contributed by atoms with Crippen LogP contribution >= 0.6 is 23.2 Å². The number of anilines is 3. The van der Waals surface area contributed by atoms with Gasteiger partial charge in [0.15, 0.2) is 0 Å². The third-order valence-corrected chi connectivity index (χ3v) is 3.89. The number of aromatic nitrogens is 1. The molecule has 120 valence electrons. The van der Waals surface area contributed by atoms with Gasteiger partial charge >= 0.3 is 0 Å². The van der Waals surface area contributed by atoms with E-state index in [0.717, 1.165) is 5.69 Å². The lowest BCUT2D eigenvalue weighted by Gasteiger charge is -2.10. The normalized spacial score (nSPS) is 10.2. The number of benzene rings is 2. The molecule has 0 aliphatic rings. The van der Waals surface area contributed by atoms with Crippen molar-refractivity contribution in [3.8, 4) is 0 Å². The summed E-state index contributed by atoms with van der Waals surface area (Å²) in [6.45, 7) is 0. The Morgan fingerprint density at radius 3 is 2.29 bits per heavy atom. The van der Waals surface area contributed by atoms with Crippen molar-refractivity contribution in [2.24, 2.45) is 0 Å². The van der Waals surface area contributed by atoms with Gasteiger partial charge in [-0.05, 0) is 30.3 Å². The molecule has 1 heterocycles. The molecule has 4 nitrogen and oxygen atoms in total. The van der Waals surface area contributed by atoms with Crippen molar-refractivity contribution in [2.75, 3.05) is 10.6 Å². The Labute approximate surface area is 149 Å². The highest BCUT2D eigenvalue weighted by Crippen LogP contribution is 2.30. The summed E-state index contributed by atoms with van der Waals surface area (Å²) >= 11 is 12.1. The zero-order valence-electron chi connectivity index (χ0n) is 12.5. The standard InChI is InChI=1S/C18H13Cl2N3O/c19-15-7-4-8-16(20)17(15)23-18(24)12-9-14(11-21-10-12)22-13-5-2-1-3-6-13/h1-11,22H,(H,23,24). The van der Waals surface area contributed by atoms with E-state index in [1.807, 2.05) is 30.3 Å². The number of hydrogen-bond acceptors (Lipinski definition) is 3. The van der Waals surface area contributed by atoms with Gasteiger partial charge in [-0.3, -0.25) is 9.78 Å². The number of nitrogens with one attached hydrogen (secondary N) is 2. The predicted octanol–water partition coefficient (Wildman–Crippen LogP) is 5.38. The van der Waals surface area contributed by atoms with Crippen molar-refractivity contribution in [3.63, 3.8) is 0 Å². The fraction of sp³-hybridized carbons (Fsp3) is 0. The Balaban J connectivity index is 1.80. The van der Waals surface area contributed by atoms with E-state index in [9.17, 15) is 4.79 Å². The van der Waals surface area contributed by atoms with Crippen LogP contribution in [-0.2, 0) is 0 Å². The molecule has 3 aromatic rings. The van der Waals surface area contributed by atoms with Crippen LogP contribution in [0.2, 0.25) is 10.0 Å². The summed E-state index contributed by atoms with van der Waals surface area (Å²) in [6.07, 6.45) is 3.13. The van der Waals surface area contributed by atoms with Crippen LogP contribution in [0.5, 0.6) is 0 Å². The quantitative estimate of drug-likeness (QED) is 0.658. The number of amides is 1. The van der Waals surface area contributed by atoms with Crippen LogP contribution in [0, 0.1) is 0 Å². The number of para-hydroxylation sites is 2. The van der Waals surface area contributed by atoms with Crippen LogP contribution in [0.1, 0.15) is 10.4 Å². The summed E-state index contributed by atoms with van der Waals surface area (Å²) in [7, 11) is 0. The molecule has 1 aromatic heterocycles. The molecule has 1 amide bonds. The summed E-state index contributed by atoms with van der Waals surface area (Å²) in [5.74, 6) is -0.339. The van der Waals surface area contributed by atoms with E-state index in [1.54, 1.807) is 30.5 Å². The van der Waals surface area contributed by atoms with E-state index in [1.165, 1.54) is 6.20 Å². The second-order valence-electron chi connectivity index (χ2n) is 5.00. The monoisotopic (exact) mass is 357 g/mol. The summed E-state index contributed by atoms with van der Waals surface area (Å²) < 4.78 is 0. The largest absolute Gasteiger partial charge is 0.354 e. The fourth-order valence-electron chi connectivity index (χ4n) is 2.12. The van der Waals surface area contributed by atoms with Crippen molar-refractivity contribution >= 4 is 46.2 Å². The van der Waals surface area contributed by atoms with Gasteiger partial charge < -0.3 is 10.6 Å². The van der Waals surface area contributed by atoms with E-state index in [0.29, 0.717) is 27.0 Å². The maximum Gasteiger partial charge on any atom is 0.257 e. The molecule has 0 fully saturated rings. The molecule has 2 N–H and O–H groups in total. The van der Waals surface area contributed by atoms with Crippen LogP contribution in [0.25, 0.3) is 0 Å². The second-order valence-corrected chi connectivity index (χ2v) is 5.82. The van der Waals surface area contributed by atoms with Gasteiger partial charge in [0, 0.05) is 11.9 Å². The Kier molecular flexibility index (Phi) is 4.99. The average molecular weight is 358 g/mol. The van der Waals surface area contributed by atoms with Crippen molar-refractivity contribution in [1.29, 1.82) is 0 Å². The lowest BCUT2D eigenvalue weighted by Crippen LogP contribution is -2.13.